The Morgan fingerprint density at radius 3 is 2.76 bits per heavy atom. The van der Waals surface area contributed by atoms with Gasteiger partial charge in [0.15, 0.2) is 0 Å². The van der Waals surface area contributed by atoms with E-state index in [1.165, 1.54) is 0 Å². The predicted molar refractivity (Wildman–Crippen MR) is 73.1 cm³/mol. The number of aromatic amines is 1. The van der Waals surface area contributed by atoms with E-state index in [1.54, 1.807) is 7.11 Å². The number of ether oxygens (including phenoxy) is 1. The molecule has 0 aliphatic heterocycles. The maximum absolute atomic E-state index is 5.16. The quantitative estimate of drug-likeness (QED) is 0.627. The minimum atomic E-state index is -0.0300. The van der Waals surface area contributed by atoms with Gasteiger partial charge in [0.1, 0.15) is 16.3 Å². The summed E-state index contributed by atoms with van der Waals surface area (Å²) in [4.78, 5) is 7.62. The third-order valence-electron chi connectivity index (χ3n) is 2.29. The van der Waals surface area contributed by atoms with Crippen LogP contribution in [-0.2, 0) is 10.2 Å². The van der Waals surface area contributed by atoms with Gasteiger partial charge >= 0.3 is 0 Å². The number of nitrogens with zero attached hydrogens (tertiary/aromatic N) is 1. The topological polar surface area (TPSA) is 49.9 Å². The van der Waals surface area contributed by atoms with Crippen molar-refractivity contribution in [1.82, 2.24) is 9.97 Å². The second-order valence-corrected chi connectivity index (χ2v) is 5.42. The molecule has 96 valence electrons. The van der Waals surface area contributed by atoms with Crippen LogP contribution in [0.2, 0.25) is 0 Å². The zero-order chi connectivity index (χ0) is 12.9. The second-order valence-electron chi connectivity index (χ2n) is 5.00. The predicted octanol–water partition coefficient (Wildman–Crippen LogP) is 2.89. The molecule has 1 aromatic rings. The highest BCUT2D eigenvalue weighted by molar-refractivity contribution is 7.71. The Morgan fingerprint density at radius 1 is 1.47 bits per heavy atom. The number of methoxy groups -OCH3 is 1. The number of hydrogen-bond donors (Lipinski definition) is 2. The fourth-order valence-corrected chi connectivity index (χ4v) is 1.56. The van der Waals surface area contributed by atoms with Crippen molar-refractivity contribution in [3.05, 3.63) is 16.5 Å². The molecule has 5 heteroatoms. The summed E-state index contributed by atoms with van der Waals surface area (Å²) < 4.78 is 5.61. The summed E-state index contributed by atoms with van der Waals surface area (Å²) in [5.41, 5.74) is -0.0300. The van der Waals surface area contributed by atoms with E-state index in [2.05, 4.69) is 36.1 Å². The smallest absolute Gasteiger partial charge is 0.131 e. The van der Waals surface area contributed by atoms with Gasteiger partial charge in [-0.05, 0) is 6.42 Å². The third-order valence-corrected chi connectivity index (χ3v) is 2.50. The summed E-state index contributed by atoms with van der Waals surface area (Å²) in [6.45, 7) is 7.93. The van der Waals surface area contributed by atoms with Crippen molar-refractivity contribution in [2.24, 2.45) is 0 Å². The maximum atomic E-state index is 5.16. The van der Waals surface area contributed by atoms with Gasteiger partial charge in [0.05, 0.1) is 0 Å². The Morgan fingerprint density at radius 2 is 2.18 bits per heavy atom. The third kappa shape index (κ3) is 4.83. The number of aromatic nitrogens is 2. The van der Waals surface area contributed by atoms with Crippen LogP contribution in [0.25, 0.3) is 0 Å². The molecule has 2 N–H and O–H groups in total. The molecule has 0 fully saturated rings. The van der Waals surface area contributed by atoms with Crippen molar-refractivity contribution in [2.45, 2.75) is 32.6 Å². The first kappa shape index (κ1) is 14.1. The molecule has 0 unspecified atom stereocenters. The molecule has 4 nitrogen and oxygen atoms in total. The van der Waals surface area contributed by atoms with Crippen molar-refractivity contribution in [3.8, 4) is 0 Å². The van der Waals surface area contributed by atoms with E-state index in [-0.39, 0.29) is 5.41 Å². The van der Waals surface area contributed by atoms with Crippen LogP contribution >= 0.6 is 12.2 Å². The highest BCUT2D eigenvalue weighted by Gasteiger charge is 2.16. The molecule has 0 aliphatic carbocycles. The zero-order valence-electron chi connectivity index (χ0n) is 11.0. The Hall–Kier alpha value is -0.940. The van der Waals surface area contributed by atoms with Crippen LogP contribution in [0.5, 0.6) is 0 Å². The average molecular weight is 255 g/mol. The van der Waals surface area contributed by atoms with Gasteiger partial charge in [-0.25, -0.2) is 4.98 Å². The fraction of sp³-hybridized carbons (Fsp3) is 0.667. The lowest BCUT2D eigenvalue weighted by Crippen LogP contribution is -2.17. The minimum absolute atomic E-state index is 0.0300. The van der Waals surface area contributed by atoms with Crippen LogP contribution in [0, 0.1) is 4.64 Å². The minimum Gasteiger partial charge on any atom is -0.385 e. The largest absolute Gasteiger partial charge is 0.385 e. The molecule has 0 aliphatic rings. The molecule has 17 heavy (non-hydrogen) atoms. The van der Waals surface area contributed by atoms with E-state index < -0.39 is 0 Å². The molecule has 1 aromatic heterocycles. The average Bonchev–Trinajstić information content (AvgIpc) is 2.22. The molecule has 1 heterocycles. The summed E-state index contributed by atoms with van der Waals surface area (Å²) in [6, 6.07) is 1.84. The van der Waals surface area contributed by atoms with Crippen LogP contribution in [0.3, 0.4) is 0 Å². The van der Waals surface area contributed by atoms with Crippen molar-refractivity contribution >= 4 is 18.0 Å². The molecule has 0 radical (unpaired) electrons. The highest BCUT2D eigenvalue weighted by Crippen LogP contribution is 2.19. The van der Waals surface area contributed by atoms with Crippen LogP contribution < -0.4 is 5.32 Å². The molecule has 0 saturated carbocycles. The summed E-state index contributed by atoms with van der Waals surface area (Å²) >= 11 is 5.16. The molecule has 0 saturated heterocycles. The summed E-state index contributed by atoms with van der Waals surface area (Å²) in [5, 5.41) is 3.29. The van der Waals surface area contributed by atoms with E-state index in [0.29, 0.717) is 4.64 Å². The summed E-state index contributed by atoms with van der Waals surface area (Å²) in [5.74, 6) is 1.82. The lowest BCUT2D eigenvalue weighted by molar-refractivity contribution is 0.197. The molecule has 0 bridgehead atoms. The highest BCUT2D eigenvalue weighted by atomic mass is 32.1. The van der Waals surface area contributed by atoms with Crippen LogP contribution in [0.4, 0.5) is 5.82 Å². The number of hydrogen-bond acceptors (Lipinski definition) is 4. The Balaban J connectivity index is 2.73. The zero-order valence-corrected chi connectivity index (χ0v) is 11.8. The normalized spacial score (nSPS) is 11.5. The van der Waals surface area contributed by atoms with Gasteiger partial charge in [0, 0.05) is 31.7 Å². The number of rotatable bonds is 5. The maximum Gasteiger partial charge on any atom is 0.131 e. The van der Waals surface area contributed by atoms with Crippen LogP contribution in [0.15, 0.2) is 6.07 Å². The van der Waals surface area contributed by atoms with E-state index in [1.807, 2.05) is 6.07 Å². The lowest BCUT2D eigenvalue weighted by Gasteiger charge is -2.18. The van der Waals surface area contributed by atoms with Gasteiger partial charge < -0.3 is 15.0 Å². The molecule has 0 amide bonds. The van der Waals surface area contributed by atoms with Gasteiger partial charge in [0.25, 0.3) is 0 Å². The first-order valence-electron chi connectivity index (χ1n) is 5.78. The molecule has 0 atom stereocenters. The van der Waals surface area contributed by atoms with Gasteiger partial charge in [-0.15, -0.1) is 0 Å². The van der Waals surface area contributed by atoms with Gasteiger partial charge in [0.2, 0.25) is 0 Å². The Labute approximate surface area is 108 Å². The van der Waals surface area contributed by atoms with Crippen LogP contribution in [-0.4, -0.2) is 30.2 Å². The summed E-state index contributed by atoms with van der Waals surface area (Å²) in [7, 11) is 1.71. The van der Waals surface area contributed by atoms with Gasteiger partial charge in [-0.3, -0.25) is 0 Å². The Bertz CT molecular complexity index is 409. The van der Waals surface area contributed by atoms with E-state index in [9.17, 15) is 0 Å². The van der Waals surface area contributed by atoms with Gasteiger partial charge in [-0.1, -0.05) is 33.0 Å². The van der Waals surface area contributed by atoms with Crippen molar-refractivity contribution in [2.75, 3.05) is 25.6 Å². The molecular formula is C12H21N3OS. The second kappa shape index (κ2) is 6.12. The molecule has 1 rings (SSSR count). The van der Waals surface area contributed by atoms with Crippen LogP contribution in [0.1, 0.15) is 33.0 Å². The first-order chi connectivity index (χ1) is 7.93. The van der Waals surface area contributed by atoms with Crippen molar-refractivity contribution < 1.29 is 4.74 Å². The number of anilines is 1. The molecule has 0 spiro atoms. The number of H-pyrrole nitrogens is 1. The Kier molecular flexibility index (Phi) is 5.08. The molecular weight excluding hydrogens is 234 g/mol. The van der Waals surface area contributed by atoms with E-state index in [4.69, 9.17) is 17.0 Å². The fourth-order valence-electron chi connectivity index (χ4n) is 1.35. The first-order valence-corrected chi connectivity index (χ1v) is 6.19. The van der Waals surface area contributed by atoms with Crippen molar-refractivity contribution in [1.29, 1.82) is 0 Å². The van der Waals surface area contributed by atoms with Gasteiger partial charge in [-0.2, -0.15) is 0 Å². The lowest BCUT2D eigenvalue weighted by atomic mass is 9.96. The SMILES string of the molecule is COCCCNc1cc(=S)nc(C(C)(C)C)[nH]1. The molecule has 0 aromatic carbocycles. The van der Waals surface area contributed by atoms with Crippen molar-refractivity contribution in [3.63, 3.8) is 0 Å². The summed E-state index contributed by atoms with van der Waals surface area (Å²) in [6.07, 6.45) is 0.963. The standard InChI is InChI=1S/C12H21N3OS/c1-12(2,3)11-14-9(8-10(17)15-11)13-6-5-7-16-4/h8H,5-7H2,1-4H3,(H2,13,14,15,17). The number of nitrogens with one attached hydrogen (secondary N) is 2. The monoisotopic (exact) mass is 255 g/mol. The van der Waals surface area contributed by atoms with E-state index in [0.717, 1.165) is 31.2 Å². The van der Waals surface area contributed by atoms with E-state index >= 15 is 0 Å².